The molecule has 28 heavy (non-hydrogen) atoms. The van der Waals surface area contributed by atoms with E-state index in [1.54, 1.807) is 18.2 Å². The number of amides is 4. The van der Waals surface area contributed by atoms with Gasteiger partial charge in [0.1, 0.15) is 6.04 Å². The molecule has 0 aliphatic heterocycles. The van der Waals surface area contributed by atoms with Gasteiger partial charge in [-0.15, -0.1) is 0 Å². The van der Waals surface area contributed by atoms with E-state index >= 15 is 0 Å². The van der Waals surface area contributed by atoms with Crippen molar-refractivity contribution in [2.45, 2.75) is 31.7 Å². The molecule has 0 heterocycles. The average Bonchev–Trinajstić information content (AvgIpc) is 2.66. The molecular formula is C18H24N4O6. The summed E-state index contributed by atoms with van der Waals surface area (Å²) < 4.78 is 0. The Labute approximate surface area is 161 Å². The van der Waals surface area contributed by atoms with Gasteiger partial charge < -0.3 is 21.5 Å². The van der Waals surface area contributed by atoms with Crippen LogP contribution in [0.1, 0.15) is 36.0 Å². The third-order valence-electron chi connectivity index (χ3n) is 3.61. The van der Waals surface area contributed by atoms with E-state index in [1.165, 1.54) is 12.1 Å². The summed E-state index contributed by atoms with van der Waals surface area (Å²) in [5.74, 6) is -4.12. The zero-order valence-electron chi connectivity index (χ0n) is 15.3. The number of carboxylic acids is 1. The van der Waals surface area contributed by atoms with E-state index in [4.69, 9.17) is 10.8 Å². The molecule has 0 aliphatic carbocycles. The number of benzene rings is 1. The van der Waals surface area contributed by atoms with Gasteiger partial charge in [-0.1, -0.05) is 18.2 Å². The molecular weight excluding hydrogens is 368 g/mol. The first-order chi connectivity index (χ1) is 13.3. The molecule has 1 rings (SSSR count). The number of imide groups is 1. The fourth-order valence-electron chi connectivity index (χ4n) is 2.19. The number of carboxylic acid groups (broad SMARTS) is 1. The van der Waals surface area contributed by atoms with Gasteiger partial charge in [0.25, 0.3) is 5.91 Å². The Balaban J connectivity index is 2.58. The number of hydrogen-bond donors (Lipinski definition) is 5. The van der Waals surface area contributed by atoms with Crippen molar-refractivity contribution in [1.82, 2.24) is 16.0 Å². The number of unbranched alkanes of at least 4 members (excludes halogenated alkanes) is 1. The van der Waals surface area contributed by atoms with Gasteiger partial charge in [-0.2, -0.15) is 0 Å². The number of carbonyl (C=O) groups excluding carboxylic acids is 4. The van der Waals surface area contributed by atoms with Crippen LogP contribution in [0.5, 0.6) is 0 Å². The number of nitrogens with one attached hydrogen (secondary N) is 3. The number of nitrogens with two attached hydrogens (primary N) is 1. The van der Waals surface area contributed by atoms with Crippen LogP contribution in [0.4, 0.5) is 0 Å². The zero-order chi connectivity index (χ0) is 20.9. The Hall–Kier alpha value is -3.27. The summed E-state index contributed by atoms with van der Waals surface area (Å²) in [5.41, 5.74) is 5.53. The molecule has 0 unspecified atom stereocenters. The zero-order valence-corrected chi connectivity index (χ0v) is 15.3. The molecule has 1 atom stereocenters. The Morgan fingerprint density at radius 3 is 2.29 bits per heavy atom. The van der Waals surface area contributed by atoms with E-state index in [-0.39, 0.29) is 17.9 Å². The summed E-state index contributed by atoms with van der Waals surface area (Å²) in [4.78, 5) is 58.7. The molecule has 1 aromatic rings. The minimum Gasteiger partial charge on any atom is -0.481 e. The predicted molar refractivity (Wildman–Crippen MR) is 99.0 cm³/mol. The van der Waals surface area contributed by atoms with Crippen LogP contribution in [0.2, 0.25) is 0 Å². The lowest BCUT2D eigenvalue weighted by atomic mass is 10.1. The molecule has 0 bridgehead atoms. The lowest BCUT2D eigenvalue weighted by Crippen LogP contribution is -2.51. The highest BCUT2D eigenvalue weighted by Crippen LogP contribution is 2.00. The number of hydrogen-bond acceptors (Lipinski definition) is 6. The van der Waals surface area contributed by atoms with Crippen molar-refractivity contribution < 1.29 is 29.1 Å². The van der Waals surface area contributed by atoms with Crippen molar-refractivity contribution in [3.05, 3.63) is 35.9 Å². The largest absolute Gasteiger partial charge is 0.481 e. The van der Waals surface area contributed by atoms with E-state index in [0.717, 1.165) is 0 Å². The fourth-order valence-corrected chi connectivity index (χ4v) is 2.19. The SMILES string of the molecule is NCCCCC(=O)NCC(=O)N[C@@H](CC(=O)O)C(=O)NC(=O)c1ccccc1. The summed E-state index contributed by atoms with van der Waals surface area (Å²) in [6.45, 7) is 0.0406. The maximum Gasteiger partial charge on any atom is 0.305 e. The van der Waals surface area contributed by atoms with Gasteiger partial charge in [-0.3, -0.25) is 29.3 Å². The van der Waals surface area contributed by atoms with E-state index < -0.39 is 42.7 Å². The van der Waals surface area contributed by atoms with Gasteiger partial charge in [0, 0.05) is 12.0 Å². The van der Waals surface area contributed by atoms with Crippen LogP contribution in [0.3, 0.4) is 0 Å². The molecule has 152 valence electrons. The molecule has 0 aliphatic rings. The van der Waals surface area contributed by atoms with Gasteiger partial charge in [-0.05, 0) is 31.5 Å². The second-order valence-electron chi connectivity index (χ2n) is 5.92. The molecule has 0 radical (unpaired) electrons. The topological polar surface area (TPSA) is 168 Å². The molecule has 1 aromatic carbocycles. The van der Waals surface area contributed by atoms with Crippen LogP contribution in [-0.2, 0) is 19.2 Å². The highest BCUT2D eigenvalue weighted by Gasteiger charge is 2.25. The quantitative estimate of drug-likeness (QED) is 0.306. The summed E-state index contributed by atoms with van der Waals surface area (Å²) in [7, 11) is 0. The number of carbonyl (C=O) groups is 5. The standard InChI is InChI=1S/C18H24N4O6/c19-9-5-4-8-14(23)20-11-15(24)21-13(10-16(25)26)18(28)22-17(27)12-6-2-1-3-7-12/h1-3,6-7,13H,4-5,8-11,19H2,(H,20,23)(H,21,24)(H,25,26)(H,22,27,28)/t13-/m0/s1. The van der Waals surface area contributed by atoms with E-state index in [9.17, 15) is 24.0 Å². The van der Waals surface area contributed by atoms with Crippen molar-refractivity contribution in [1.29, 1.82) is 0 Å². The number of aliphatic carboxylic acids is 1. The van der Waals surface area contributed by atoms with Crippen LogP contribution in [-0.4, -0.2) is 53.8 Å². The maximum absolute atomic E-state index is 12.2. The molecule has 0 aromatic heterocycles. The van der Waals surface area contributed by atoms with Gasteiger partial charge in [0.2, 0.25) is 17.7 Å². The second-order valence-corrected chi connectivity index (χ2v) is 5.92. The van der Waals surface area contributed by atoms with E-state index in [1.807, 2.05) is 0 Å². The molecule has 10 heteroatoms. The molecule has 0 saturated carbocycles. The lowest BCUT2D eigenvalue weighted by molar-refractivity contribution is -0.140. The number of rotatable bonds is 11. The van der Waals surface area contributed by atoms with E-state index in [0.29, 0.717) is 19.4 Å². The normalized spacial score (nSPS) is 11.2. The minimum absolute atomic E-state index is 0.203. The average molecular weight is 392 g/mol. The molecule has 0 saturated heterocycles. The van der Waals surface area contributed by atoms with Crippen LogP contribution in [0.25, 0.3) is 0 Å². The van der Waals surface area contributed by atoms with Gasteiger partial charge >= 0.3 is 5.97 Å². The Bertz CT molecular complexity index is 707. The lowest BCUT2D eigenvalue weighted by Gasteiger charge is -2.16. The van der Waals surface area contributed by atoms with E-state index in [2.05, 4.69) is 16.0 Å². The smallest absolute Gasteiger partial charge is 0.305 e. The summed E-state index contributed by atoms with van der Waals surface area (Å²) in [6.07, 6.45) is 0.741. The summed E-state index contributed by atoms with van der Waals surface area (Å²) in [6, 6.07) is 6.39. The van der Waals surface area contributed by atoms with Gasteiger partial charge in [0.05, 0.1) is 13.0 Å². The Kier molecular flexibility index (Phi) is 9.90. The van der Waals surface area contributed by atoms with Gasteiger partial charge in [0.15, 0.2) is 0 Å². The summed E-state index contributed by atoms with van der Waals surface area (Å²) in [5, 5.41) is 15.6. The highest BCUT2D eigenvalue weighted by atomic mass is 16.4. The third kappa shape index (κ3) is 8.90. The minimum atomic E-state index is -1.47. The third-order valence-corrected chi connectivity index (χ3v) is 3.61. The van der Waals surface area contributed by atoms with Crippen molar-refractivity contribution >= 4 is 29.6 Å². The highest BCUT2D eigenvalue weighted by molar-refractivity contribution is 6.07. The predicted octanol–water partition coefficient (Wildman–Crippen LogP) is -0.852. The Morgan fingerprint density at radius 1 is 1.00 bits per heavy atom. The molecule has 4 amide bonds. The first-order valence-electron chi connectivity index (χ1n) is 8.71. The second kappa shape index (κ2) is 12.2. The van der Waals surface area contributed by atoms with Crippen molar-refractivity contribution in [3.8, 4) is 0 Å². The maximum atomic E-state index is 12.2. The Morgan fingerprint density at radius 2 is 1.68 bits per heavy atom. The monoisotopic (exact) mass is 392 g/mol. The van der Waals surface area contributed by atoms with Crippen molar-refractivity contribution in [2.24, 2.45) is 5.73 Å². The molecule has 0 spiro atoms. The van der Waals surface area contributed by atoms with Crippen LogP contribution in [0.15, 0.2) is 30.3 Å². The first-order valence-corrected chi connectivity index (χ1v) is 8.71. The first kappa shape index (κ1) is 22.8. The molecule has 6 N–H and O–H groups in total. The van der Waals surface area contributed by atoms with Crippen LogP contribution in [0, 0.1) is 0 Å². The molecule has 0 fully saturated rings. The van der Waals surface area contributed by atoms with Crippen LogP contribution < -0.4 is 21.7 Å². The van der Waals surface area contributed by atoms with Crippen molar-refractivity contribution in [3.63, 3.8) is 0 Å². The van der Waals surface area contributed by atoms with Crippen molar-refractivity contribution in [2.75, 3.05) is 13.1 Å². The molecule has 10 nitrogen and oxygen atoms in total. The fraction of sp³-hybridized carbons (Fsp3) is 0.389. The summed E-state index contributed by atoms with van der Waals surface area (Å²) >= 11 is 0. The van der Waals surface area contributed by atoms with Gasteiger partial charge in [-0.25, -0.2) is 0 Å². The van der Waals surface area contributed by atoms with Crippen LogP contribution >= 0.6 is 0 Å².